The van der Waals surface area contributed by atoms with Crippen molar-refractivity contribution in [2.24, 2.45) is 0 Å². The summed E-state index contributed by atoms with van der Waals surface area (Å²) < 4.78 is 0. The molecule has 0 aromatic rings. The van der Waals surface area contributed by atoms with E-state index < -0.39 is 27.5 Å². The average molecular weight is 575 g/mol. The Labute approximate surface area is 243 Å². The number of aliphatic hydroxyl groups is 2. The molecule has 0 saturated heterocycles. The van der Waals surface area contributed by atoms with E-state index in [9.17, 15) is 10.2 Å². The maximum Gasteiger partial charge on any atom is 0.103 e. The van der Waals surface area contributed by atoms with Crippen LogP contribution >= 0.6 is 15.8 Å². The molecule has 2 unspecified atom stereocenters. The third-order valence-corrected chi connectivity index (χ3v) is 14.1. The van der Waals surface area contributed by atoms with Gasteiger partial charge in [-0.3, -0.25) is 0 Å². The van der Waals surface area contributed by atoms with Crippen LogP contribution in [0.15, 0.2) is 0 Å². The normalized spacial score (nSPS) is 13.6. The molecule has 0 rings (SSSR count). The first-order valence-electron chi connectivity index (χ1n) is 17.5. The standard InChI is InChI=1S/C34H72O2P2/c1-5-9-13-17-21-25-29-37(30-26-22-18-14-10-6-2)33(35)34(36)38(31-27-23-19-15-11-7-3)32-28-24-20-16-12-8-4/h33-36H,5-32H2,1-4H3. The quantitative estimate of drug-likeness (QED) is 0.0638. The molecule has 0 aromatic carbocycles. The van der Waals surface area contributed by atoms with E-state index in [1.165, 1.54) is 179 Å². The summed E-state index contributed by atoms with van der Waals surface area (Å²) in [7, 11) is -0.949. The molecule has 0 aliphatic carbocycles. The second-order valence-corrected chi connectivity index (χ2v) is 17.2. The van der Waals surface area contributed by atoms with Gasteiger partial charge in [-0.15, -0.1) is 0 Å². The van der Waals surface area contributed by atoms with Gasteiger partial charge in [0.1, 0.15) is 11.7 Å². The SMILES string of the molecule is CCCCCCCCP(CCCCCCCC)C(O)C(O)P(CCCCCCCC)CCCCCCCC. The van der Waals surface area contributed by atoms with Gasteiger partial charge in [0.25, 0.3) is 0 Å². The fourth-order valence-corrected chi connectivity index (χ4v) is 11.4. The average Bonchev–Trinajstić information content (AvgIpc) is 2.93. The van der Waals surface area contributed by atoms with Gasteiger partial charge in [-0.1, -0.05) is 172 Å². The molecule has 0 bridgehead atoms. The lowest BCUT2D eigenvalue weighted by Gasteiger charge is -2.33. The first-order chi connectivity index (χ1) is 18.6. The molecule has 0 spiro atoms. The summed E-state index contributed by atoms with van der Waals surface area (Å²) in [5.74, 6) is -0.884. The maximum atomic E-state index is 11.6. The Morgan fingerprint density at radius 3 is 0.711 bits per heavy atom. The Kier molecular flexibility index (Phi) is 31.4. The Hall–Kier alpha value is 0.780. The molecular formula is C34H72O2P2. The van der Waals surface area contributed by atoms with E-state index in [0.717, 1.165) is 0 Å². The van der Waals surface area contributed by atoms with Crippen molar-refractivity contribution in [3.05, 3.63) is 0 Å². The molecule has 230 valence electrons. The molecule has 0 aliphatic rings. The minimum Gasteiger partial charge on any atom is -0.386 e. The number of hydrogen-bond acceptors (Lipinski definition) is 2. The molecule has 0 heterocycles. The van der Waals surface area contributed by atoms with Crippen LogP contribution in [0.25, 0.3) is 0 Å². The van der Waals surface area contributed by atoms with Gasteiger partial charge in [-0.25, -0.2) is 0 Å². The number of unbranched alkanes of at least 4 members (excludes halogenated alkanes) is 20. The van der Waals surface area contributed by atoms with Crippen LogP contribution in [0.4, 0.5) is 0 Å². The summed E-state index contributed by atoms with van der Waals surface area (Å²) in [6.07, 6.45) is 36.4. The monoisotopic (exact) mass is 575 g/mol. The fraction of sp³-hybridized carbons (Fsp3) is 1.00. The second kappa shape index (κ2) is 30.7. The van der Waals surface area contributed by atoms with Gasteiger partial charge in [0.15, 0.2) is 0 Å². The Balaban J connectivity index is 4.93. The van der Waals surface area contributed by atoms with Crippen molar-refractivity contribution < 1.29 is 10.2 Å². The van der Waals surface area contributed by atoms with Crippen LogP contribution in [0.5, 0.6) is 0 Å². The van der Waals surface area contributed by atoms with E-state index in [1.54, 1.807) is 0 Å². The summed E-state index contributed by atoms with van der Waals surface area (Å²) in [5, 5.41) is 23.1. The predicted octanol–water partition coefficient (Wildman–Crippen LogP) is 12.0. The van der Waals surface area contributed by atoms with Crippen molar-refractivity contribution >= 4 is 15.8 Å². The highest BCUT2D eigenvalue weighted by molar-refractivity contribution is 7.62. The van der Waals surface area contributed by atoms with Crippen LogP contribution in [0, 0.1) is 0 Å². The molecule has 0 aromatic heterocycles. The first kappa shape index (κ1) is 38.8. The lowest BCUT2D eigenvalue weighted by Crippen LogP contribution is -2.26. The van der Waals surface area contributed by atoms with E-state index in [0.29, 0.717) is 0 Å². The van der Waals surface area contributed by atoms with Crippen molar-refractivity contribution in [3.8, 4) is 0 Å². The highest BCUT2D eigenvalue weighted by atomic mass is 31.1. The van der Waals surface area contributed by atoms with Crippen molar-refractivity contribution in [2.45, 2.75) is 193 Å². The molecule has 0 aliphatic heterocycles. The first-order valence-corrected chi connectivity index (χ1v) is 21.0. The van der Waals surface area contributed by atoms with Gasteiger partial charge in [0.05, 0.1) is 0 Å². The molecular weight excluding hydrogens is 502 g/mol. The van der Waals surface area contributed by atoms with Gasteiger partial charge in [-0.2, -0.15) is 0 Å². The smallest absolute Gasteiger partial charge is 0.103 e. The zero-order valence-corrected chi connectivity index (χ0v) is 28.5. The maximum absolute atomic E-state index is 11.6. The minimum absolute atomic E-state index is 0.442. The Bertz CT molecular complexity index is 376. The summed E-state index contributed by atoms with van der Waals surface area (Å²) in [6.45, 7) is 9.14. The molecule has 4 heteroatoms. The van der Waals surface area contributed by atoms with Crippen molar-refractivity contribution in [1.29, 1.82) is 0 Å². The molecule has 2 nitrogen and oxygen atoms in total. The lowest BCUT2D eigenvalue weighted by atomic mass is 10.1. The molecule has 0 amide bonds. The van der Waals surface area contributed by atoms with E-state index in [2.05, 4.69) is 27.7 Å². The highest BCUT2D eigenvalue weighted by Gasteiger charge is 2.30. The van der Waals surface area contributed by atoms with Gasteiger partial charge >= 0.3 is 0 Å². The van der Waals surface area contributed by atoms with Crippen LogP contribution in [-0.2, 0) is 0 Å². The zero-order valence-electron chi connectivity index (χ0n) is 26.7. The summed E-state index contributed by atoms with van der Waals surface area (Å²) in [5.41, 5.74) is 0. The fourth-order valence-electron chi connectivity index (χ4n) is 5.51. The van der Waals surface area contributed by atoms with Crippen molar-refractivity contribution in [1.82, 2.24) is 0 Å². The van der Waals surface area contributed by atoms with E-state index in [-0.39, 0.29) is 0 Å². The third kappa shape index (κ3) is 23.5. The molecule has 38 heavy (non-hydrogen) atoms. The van der Waals surface area contributed by atoms with Gasteiger partial charge in [0, 0.05) is 0 Å². The molecule has 0 fully saturated rings. The topological polar surface area (TPSA) is 40.5 Å². The van der Waals surface area contributed by atoms with Gasteiger partial charge < -0.3 is 10.2 Å². The van der Waals surface area contributed by atoms with Crippen LogP contribution in [-0.4, -0.2) is 46.6 Å². The highest BCUT2D eigenvalue weighted by Crippen LogP contribution is 2.53. The van der Waals surface area contributed by atoms with Crippen molar-refractivity contribution in [2.75, 3.05) is 24.6 Å². The number of rotatable bonds is 31. The summed E-state index contributed by atoms with van der Waals surface area (Å²) in [4.78, 5) is 0. The molecule has 2 atom stereocenters. The third-order valence-electron chi connectivity index (χ3n) is 8.21. The van der Waals surface area contributed by atoms with Crippen LogP contribution in [0.1, 0.15) is 182 Å². The largest absolute Gasteiger partial charge is 0.386 e. The van der Waals surface area contributed by atoms with E-state index in [4.69, 9.17) is 0 Å². The van der Waals surface area contributed by atoms with Crippen LogP contribution < -0.4 is 0 Å². The Morgan fingerprint density at radius 2 is 0.500 bits per heavy atom. The lowest BCUT2D eigenvalue weighted by molar-refractivity contribution is 0.127. The van der Waals surface area contributed by atoms with Crippen LogP contribution in [0.2, 0.25) is 0 Å². The van der Waals surface area contributed by atoms with E-state index >= 15 is 0 Å². The number of aliphatic hydroxyl groups excluding tert-OH is 2. The minimum atomic E-state index is -0.474. The number of hydrogen-bond donors (Lipinski definition) is 2. The predicted molar refractivity (Wildman–Crippen MR) is 179 cm³/mol. The van der Waals surface area contributed by atoms with Crippen LogP contribution in [0.3, 0.4) is 0 Å². The molecule has 2 N–H and O–H groups in total. The van der Waals surface area contributed by atoms with Gasteiger partial charge in [0.2, 0.25) is 0 Å². The summed E-state index contributed by atoms with van der Waals surface area (Å²) >= 11 is 0. The molecule has 0 radical (unpaired) electrons. The zero-order chi connectivity index (χ0) is 28.1. The van der Waals surface area contributed by atoms with Crippen molar-refractivity contribution in [3.63, 3.8) is 0 Å². The van der Waals surface area contributed by atoms with Gasteiger partial charge in [-0.05, 0) is 50.3 Å². The second-order valence-electron chi connectivity index (χ2n) is 12.0. The summed E-state index contributed by atoms with van der Waals surface area (Å²) in [6, 6.07) is 0. The molecule has 0 saturated carbocycles. The van der Waals surface area contributed by atoms with E-state index in [1.807, 2.05) is 0 Å². The Morgan fingerprint density at radius 1 is 0.316 bits per heavy atom.